The first-order chi connectivity index (χ1) is 19.2. The van der Waals surface area contributed by atoms with Crippen LogP contribution in [-0.2, 0) is 38.1 Å². The van der Waals surface area contributed by atoms with Gasteiger partial charge in [0.1, 0.15) is 17.3 Å². The van der Waals surface area contributed by atoms with Crippen molar-refractivity contribution in [2.45, 2.75) is 91.0 Å². The zero-order chi connectivity index (χ0) is 30.1. The molecule has 3 aromatic rings. The number of aryl methyl sites for hydroxylation is 1. The van der Waals surface area contributed by atoms with E-state index >= 15 is 0 Å². The van der Waals surface area contributed by atoms with E-state index in [1.54, 1.807) is 23.1 Å². The van der Waals surface area contributed by atoms with Crippen LogP contribution in [-0.4, -0.2) is 58.8 Å². The summed E-state index contributed by atoms with van der Waals surface area (Å²) in [6.07, 6.45) is 3.68. The van der Waals surface area contributed by atoms with Crippen molar-refractivity contribution in [1.29, 1.82) is 0 Å². The summed E-state index contributed by atoms with van der Waals surface area (Å²) in [5, 5.41) is 7.64. The van der Waals surface area contributed by atoms with Crippen LogP contribution in [0.2, 0.25) is 0 Å². The van der Waals surface area contributed by atoms with Crippen molar-refractivity contribution in [1.82, 2.24) is 19.7 Å². The molecule has 1 aliphatic heterocycles. The third-order valence-electron chi connectivity index (χ3n) is 7.83. The van der Waals surface area contributed by atoms with E-state index in [9.17, 15) is 9.59 Å². The molecule has 41 heavy (non-hydrogen) atoms. The average Bonchev–Trinajstić information content (AvgIpc) is 3.53. The van der Waals surface area contributed by atoms with Gasteiger partial charge in [-0.05, 0) is 48.3 Å². The van der Waals surface area contributed by atoms with Crippen LogP contribution < -0.4 is 4.74 Å². The molecular weight excluding hydrogens is 536 g/mol. The number of benzene rings is 1. The van der Waals surface area contributed by atoms with Gasteiger partial charge in [0, 0.05) is 47.3 Å². The Morgan fingerprint density at radius 2 is 1.63 bits per heavy atom. The molecule has 0 saturated carbocycles. The summed E-state index contributed by atoms with van der Waals surface area (Å²) in [5.74, 6) is 0.989. The van der Waals surface area contributed by atoms with Crippen molar-refractivity contribution < 1.29 is 19.1 Å². The van der Waals surface area contributed by atoms with Crippen molar-refractivity contribution in [2.75, 3.05) is 27.3 Å². The molecule has 0 radical (unpaired) electrons. The molecule has 1 amide bonds. The van der Waals surface area contributed by atoms with E-state index in [-0.39, 0.29) is 35.7 Å². The van der Waals surface area contributed by atoms with E-state index in [1.807, 2.05) is 18.0 Å². The number of esters is 1. The number of likely N-dealkylation sites (tertiary alicyclic amines) is 1. The van der Waals surface area contributed by atoms with Crippen LogP contribution in [0.5, 0.6) is 5.75 Å². The fourth-order valence-corrected chi connectivity index (χ4v) is 6.27. The number of rotatable bonds is 7. The number of ether oxygens (including phenoxy) is 2. The number of methoxy groups -OCH3 is 2. The number of nitrogens with zero attached hydrogens (tertiary/aromatic N) is 4. The van der Waals surface area contributed by atoms with Crippen LogP contribution in [0.25, 0.3) is 10.6 Å². The average molecular weight is 581 g/mol. The highest BCUT2D eigenvalue weighted by Gasteiger charge is 2.30. The summed E-state index contributed by atoms with van der Waals surface area (Å²) < 4.78 is 12.3. The number of hydrogen-bond acceptors (Lipinski definition) is 7. The summed E-state index contributed by atoms with van der Waals surface area (Å²) in [6, 6.07) is 4.48. The number of thiazole rings is 1. The minimum Gasteiger partial charge on any atom is -0.496 e. The van der Waals surface area contributed by atoms with E-state index in [0.717, 1.165) is 40.4 Å². The third kappa shape index (κ3) is 7.00. The quantitative estimate of drug-likeness (QED) is 0.317. The first-order valence-corrected chi connectivity index (χ1v) is 15.2. The normalized spacial score (nSPS) is 14.8. The number of amides is 1. The highest BCUT2D eigenvalue weighted by atomic mass is 32.1. The largest absolute Gasteiger partial charge is 0.496 e. The smallest absolute Gasteiger partial charge is 0.311 e. The number of hydrogen-bond donors (Lipinski definition) is 0. The number of piperidine rings is 1. The molecule has 0 bridgehead atoms. The zero-order valence-corrected chi connectivity index (χ0v) is 26.8. The topological polar surface area (TPSA) is 86.5 Å². The van der Waals surface area contributed by atoms with Gasteiger partial charge in [0.25, 0.3) is 0 Å². The summed E-state index contributed by atoms with van der Waals surface area (Å²) in [6.45, 7) is 16.8. The van der Waals surface area contributed by atoms with Gasteiger partial charge in [-0.2, -0.15) is 5.10 Å². The van der Waals surface area contributed by atoms with E-state index in [2.05, 4.69) is 64.2 Å². The Hall–Kier alpha value is -3.20. The maximum absolute atomic E-state index is 13.0. The monoisotopic (exact) mass is 580 g/mol. The minimum absolute atomic E-state index is 0.0391. The second-order valence-electron chi connectivity index (χ2n) is 13.0. The van der Waals surface area contributed by atoms with Crippen molar-refractivity contribution in [3.63, 3.8) is 0 Å². The van der Waals surface area contributed by atoms with Gasteiger partial charge in [0.15, 0.2) is 0 Å². The lowest BCUT2D eigenvalue weighted by molar-refractivity contribution is -0.139. The van der Waals surface area contributed by atoms with Crippen molar-refractivity contribution in [3.05, 3.63) is 51.8 Å². The van der Waals surface area contributed by atoms with Crippen LogP contribution >= 0.6 is 11.3 Å². The molecule has 0 unspecified atom stereocenters. The van der Waals surface area contributed by atoms with Gasteiger partial charge in [0.2, 0.25) is 5.91 Å². The summed E-state index contributed by atoms with van der Waals surface area (Å²) >= 11 is 1.69. The number of aromatic nitrogens is 3. The van der Waals surface area contributed by atoms with Crippen LogP contribution in [0.3, 0.4) is 0 Å². The molecule has 3 heterocycles. The molecular formula is C32H44N4O4S. The molecule has 2 aromatic heterocycles. The van der Waals surface area contributed by atoms with Gasteiger partial charge in [-0.3, -0.25) is 14.3 Å². The maximum Gasteiger partial charge on any atom is 0.311 e. The molecule has 1 aromatic carbocycles. The molecule has 1 aliphatic rings. The number of carbonyl (C=O) groups excluding carboxylic acids is 2. The van der Waals surface area contributed by atoms with Gasteiger partial charge < -0.3 is 14.4 Å². The van der Waals surface area contributed by atoms with Crippen LogP contribution in [0.1, 0.15) is 88.4 Å². The lowest BCUT2D eigenvalue weighted by Crippen LogP contribution is -2.39. The van der Waals surface area contributed by atoms with Crippen molar-refractivity contribution in [2.24, 2.45) is 0 Å². The van der Waals surface area contributed by atoms with Gasteiger partial charge >= 0.3 is 5.97 Å². The molecule has 0 atom stereocenters. The lowest BCUT2D eigenvalue weighted by Gasteiger charge is -2.31. The predicted octanol–water partition coefficient (Wildman–Crippen LogP) is 6.04. The van der Waals surface area contributed by atoms with Crippen LogP contribution in [0.15, 0.2) is 23.7 Å². The van der Waals surface area contributed by atoms with Crippen molar-refractivity contribution >= 4 is 23.2 Å². The molecule has 9 heteroatoms. The third-order valence-corrected chi connectivity index (χ3v) is 8.74. The molecule has 8 nitrogen and oxygen atoms in total. The van der Waals surface area contributed by atoms with E-state index in [4.69, 9.17) is 14.5 Å². The molecule has 222 valence electrons. The Kier molecular flexibility index (Phi) is 8.97. The fourth-order valence-electron chi connectivity index (χ4n) is 5.38. The molecule has 0 N–H and O–H groups in total. The molecule has 4 rings (SSSR count). The molecule has 1 fully saturated rings. The van der Waals surface area contributed by atoms with E-state index in [1.165, 1.54) is 18.2 Å². The van der Waals surface area contributed by atoms with E-state index in [0.29, 0.717) is 24.7 Å². The summed E-state index contributed by atoms with van der Waals surface area (Å²) in [5.41, 5.74) is 6.00. The van der Waals surface area contributed by atoms with Crippen LogP contribution in [0.4, 0.5) is 0 Å². The minimum atomic E-state index is -0.340. The standard InChI is InChI=1S/C32H44N4O4S/c1-20-17-36(34-25(20)16-28(38)39-8)18-27(37)35-12-10-21(11-13-35)26-19-41-30(33-26)22-14-23(31(2,3)4)29(40-9)24(15-22)32(5,6)7/h14-15,17,19,21H,10-13,16,18H2,1-9H3. The highest BCUT2D eigenvalue weighted by molar-refractivity contribution is 7.13. The Labute approximate surface area is 248 Å². The first kappa shape index (κ1) is 30.8. The van der Waals surface area contributed by atoms with Gasteiger partial charge in [-0.15, -0.1) is 11.3 Å². The van der Waals surface area contributed by atoms with Gasteiger partial charge in [-0.1, -0.05) is 41.5 Å². The summed E-state index contributed by atoms with van der Waals surface area (Å²) in [7, 11) is 3.12. The fraction of sp³-hybridized carbons (Fsp3) is 0.562. The Bertz CT molecular complexity index is 1370. The van der Waals surface area contributed by atoms with Crippen LogP contribution in [0, 0.1) is 6.92 Å². The van der Waals surface area contributed by atoms with Crippen molar-refractivity contribution in [3.8, 4) is 16.3 Å². The molecule has 0 spiro atoms. The maximum atomic E-state index is 13.0. The summed E-state index contributed by atoms with van der Waals surface area (Å²) in [4.78, 5) is 31.7. The molecule has 1 saturated heterocycles. The first-order valence-electron chi connectivity index (χ1n) is 14.3. The molecule has 0 aliphatic carbocycles. The lowest BCUT2D eigenvalue weighted by atomic mass is 9.78. The predicted molar refractivity (Wildman–Crippen MR) is 163 cm³/mol. The Balaban J connectivity index is 1.45. The van der Waals surface area contributed by atoms with Gasteiger partial charge in [0.05, 0.1) is 32.0 Å². The second kappa shape index (κ2) is 12.0. The van der Waals surface area contributed by atoms with Gasteiger partial charge in [-0.25, -0.2) is 4.98 Å². The highest BCUT2D eigenvalue weighted by Crippen LogP contribution is 2.43. The Morgan fingerprint density at radius 1 is 1.02 bits per heavy atom. The SMILES string of the molecule is COC(=O)Cc1nn(CC(=O)N2CCC(c3csc(-c4cc(C(C)(C)C)c(OC)c(C(C)(C)C)c4)n3)CC2)cc1C. The zero-order valence-electron chi connectivity index (χ0n) is 26.0. The van der Waals surface area contributed by atoms with E-state index < -0.39 is 0 Å². The Morgan fingerprint density at radius 3 is 2.17 bits per heavy atom. The number of carbonyl (C=O) groups is 2. The second-order valence-corrected chi connectivity index (χ2v) is 13.9.